The van der Waals surface area contributed by atoms with Crippen LogP contribution in [0.5, 0.6) is 0 Å². The van der Waals surface area contributed by atoms with Crippen LogP contribution in [0.3, 0.4) is 0 Å². The smallest absolute Gasteiger partial charge is 0.326 e. The summed E-state index contributed by atoms with van der Waals surface area (Å²) < 4.78 is 5.24. The van der Waals surface area contributed by atoms with Gasteiger partial charge < -0.3 is 15.0 Å². The number of carbonyl (C=O) groups excluding carboxylic acids is 1. The molecule has 1 heterocycles. The van der Waals surface area contributed by atoms with E-state index < -0.39 is 5.54 Å². The molecule has 1 aliphatic heterocycles. The molecule has 1 N–H and O–H groups in total. The summed E-state index contributed by atoms with van der Waals surface area (Å²) in [5.41, 5.74) is -0.520. The highest BCUT2D eigenvalue weighted by atomic mass is 16.5. The first-order valence-electron chi connectivity index (χ1n) is 8.77. The minimum absolute atomic E-state index is 0.101. The third-order valence-corrected chi connectivity index (χ3v) is 4.34. The lowest BCUT2D eigenvalue weighted by Crippen LogP contribution is -2.50. The normalized spacial score (nSPS) is 19.2. The van der Waals surface area contributed by atoms with Crippen molar-refractivity contribution in [1.29, 1.82) is 0 Å². The molecule has 0 saturated carbocycles. The van der Waals surface area contributed by atoms with Gasteiger partial charge in [-0.15, -0.1) is 0 Å². The van der Waals surface area contributed by atoms with Crippen LogP contribution in [0.4, 0.5) is 0 Å². The summed E-state index contributed by atoms with van der Waals surface area (Å²) in [5, 5.41) is 3.38. The lowest BCUT2D eigenvalue weighted by molar-refractivity contribution is -0.150. The van der Waals surface area contributed by atoms with Crippen LogP contribution >= 0.6 is 0 Å². The second-order valence-corrected chi connectivity index (χ2v) is 6.34. The highest BCUT2D eigenvalue weighted by Gasteiger charge is 2.33. The molecular weight excluding hydrogens is 264 g/mol. The second kappa shape index (κ2) is 10.2. The number of nitrogens with one attached hydrogen (secondary N) is 1. The zero-order valence-electron chi connectivity index (χ0n) is 14.2. The second-order valence-electron chi connectivity index (χ2n) is 6.34. The van der Waals surface area contributed by atoms with Crippen LogP contribution in [0.25, 0.3) is 0 Å². The fourth-order valence-electron chi connectivity index (χ4n) is 2.95. The molecule has 1 aliphatic rings. The zero-order valence-corrected chi connectivity index (χ0v) is 14.2. The number of hydrogen-bond acceptors (Lipinski definition) is 4. The molecule has 1 saturated heterocycles. The lowest BCUT2D eigenvalue weighted by atomic mass is 9.94. The zero-order chi connectivity index (χ0) is 15.6. The van der Waals surface area contributed by atoms with Crippen molar-refractivity contribution in [2.75, 3.05) is 32.8 Å². The largest absolute Gasteiger partial charge is 0.465 e. The van der Waals surface area contributed by atoms with Crippen molar-refractivity contribution in [1.82, 2.24) is 10.2 Å². The first-order chi connectivity index (χ1) is 10.1. The van der Waals surface area contributed by atoms with Crippen molar-refractivity contribution in [2.45, 2.75) is 71.3 Å². The molecule has 0 aromatic heterocycles. The van der Waals surface area contributed by atoms with Crippen molar-refractivity contribution < 1.29 is 9.53 Å². The van der Waals surface area contributed by atoms with Gasteiger partial charge in [-0.2, -0.15) is 0 Å². The molecule has 1 atom stereocenters. The number of piperidine rings is 1. The maximum atomic E-state index is 12.2. The summed E-state index contributed by atoms with van der Waals surface area (Å²) in [7, 11) is 0. The van der Waals surface area contributed by atoms with Crippen LogP contribution in [-0.4, -0.2) is 49.2 Å². The Morgan fingerprint density at radius 2 is 1.90 bits per heavy atom. The van der Waals surface area contributed by atoms with E-state index in [1.54, 1.807) is 0 Å². The van der Waals surface area contributed by atoms with E-state index in [0.717, 1.165) is 25.8 Å². The minimum atomic E-state index is -0.520. The Hall–Kier alpha value is -0.610. The predicted octanol–water partition coefficient (Wildman–Crippen LogP) is 2.96. The van der Waals surface area contributed by atoms with Gasteiger partial charge >= 0.3 is 5.97 Å². The Bertz CT molecular complexity index is 291. The van der Waals surface area contributed by atoms with Gasteiger partial charge in [-0.3, -0.25) is 4.79 Å². The van der Waals surface area contributed by atoms with Gasteiger partial charge in [0.25, 0.3) is 0 Å². The quantitative estimate of drug-likeness (QED) is 0.497. The van der Waals surface area contributed by atoms with Crippen molar-refractivity contribution >= 4 is 5.97 Å². The van der Waals surface area contributed by atoms with E-state index in [0.29, 0.717) is 6.61 Å². The molecule has 4 nitrogen and oxygen atoms in total. The minimum Gasteiger partial charge on any atom is -0.465 e. The van der Waals surface area contributed by atoms with Gasteiger partial charge in [-0.25, -0.2) is 0 Å². The van der Waals surface area contributed by atoms with Crippen LogP contribution in [0.1, 0.15) is 65.7 Å². The monoisotopic (exact) mass is 298 g/mol. The number of hydrogen-bond donors (Lipinski definition) is 1. The van der Waals surface area contributed by atoms with Gasteiger partial charge in [0.2, 0.25) is 0 Å². The molecule has 21 heavy (non-hydrogen) atoms. The highest BCUT2D eigenvalue weighted by Crippen LogP contribution is 2.17. The third kappa shape index (κ3) is 6.79. The summed E-state index contributed by atoms with van der Waals surface area (Å²) in [5.74, 6) is -0.101. The Labute approximate surface area is 130 Å². The fraction of sp³-hybridized carbons (Fsp3) is 0.941. The fourth-order valence-corrected chi connectivity index (χ4v) is 2.95. The maximum absolute atomic E-state index is 12.2. The van der Waals surface area contributed by atoms with E-state index in [-0.39, 0.29) is 5.97 Å². The average Bonchev–Trinajstić information content (AvgIpc) is 2.51. The first-order valence-corrected chi connectivity index (χ1v) is 8.77. The molecule has 1 unspecified atom stereocenters. The van der Waals surface area contributed by atoms with Gasteiger partial charge in [0.05, 0.1) is 6.61 Å². The molecule has 0 aromatic carbocycles. The van der Waals surface area contributed by atoms with Crippen LogP contribution in [0.2, 0.25) is 0 Å². The number of carbonyl (C=O) groups is 1. The molecule has 0 aliphatic carbocycles. The Kier molecular flexibility index (Phi) is 8.93. The molecule has 1 rings (SSSR count). The van der Waals surface area contributed by atoms with E-state index >= 15 is 0 Å². The first kappa shape index (κ1) is 18.4. The third-order valence-electron chi connectivity index (χ3n) is 4.34. The standard InChI is InChI=1S/C17H34N2O2/c1-4-12-18-17(3,16(20)21-5-2)11-7-10-15-19-13-8-6-9-14-19/h18H,4-15H2,1-3H3. The molecule has 0 spiro atoms. The molecular formula is C17H34N2O2. The summed E-state index contributed by atoms with van der Waals surface area (Å²) in [6.45, 7) is 11.0. The van der Waals surface area contributed by atoms with Gasteiger partial charge in [0.15, 0.2) is 0 Å². The summed E-state index contributed by atoms with van der Waals surface area (Å²) in [6.07, 6.45) is 8.21. The van der Waals surface area contributed by atoms with Crippen LogP contribution < -0.4 is 5.32 Å². The number of esters is 1. The average molecular weight is 298 g/mol. The topological polar surface area (TPSA) is 41.6 Å². The summed E-state index contributed by atoms with van der Waals surface area (Å²) >= 11 is 0. The van der Waals surface area contributed by atoms with Gasteiger partial charge in [0.1, 0.15) is 5.54 Å². The Morgan fingerprint density at radius 1 is 1.19 bits per heavy atom. The predicted molar refractivity (Wildman–Crippen MR) is 87.5 cm³/mol. The summed E-state index contributed by atoms with van der Waals surface area (Å²) in [4.78, 5) is 14.7. The molecule has 0 radical (unpaired) electrons. The molecule has 0 aromatic rings. The Morgan fingerprint density at radius 3 is 2.52 bits per heavy atom. The Balaban J connectivity index is 2.32. The number of unbranched alkanes of at least 4 members (excludes halogenated alkanes) is 1. The van der Waals surface area contributed by atoms with Gasteiger partial charge in [-0.1, -0.05) is 13.3 Å². The SMILES string of the molecule is CCCNC(C)(CCCCN1CCCCC1)C(=O)OCC. The van der Waals surface area contributed by atoms with E-state index in [4.69, 9.17) is 4.74 Å². The van der Waals surface area contributed by atoms with Crippen LogP contribution in [0, 0.1) is 0 Å². The number of nitrogens with zero attached hydrogens (tertiary/aromatic N) is 1. The van der Waals surface area contributed by atoms with Crippen molar-refractivity contribution in [3.05, 3.63) is 0 Å². The van der Waals surface area contributed by atoms with Crippen molar-refractivity contribution in [3.8, 4) is 0 Å². The van der Waals surface area contributed by atoms with E-state index in [1.807, 2.05) is 13.8 Å². The highest BCUT2D eigenvalue weighted by molar-refractivity contribution is 5.80. The number of likely N-dealkylation sites (tertiary alicyclic amines) is 1. The van der Waals surface area contributed by atoms with Crippen LogP contribution in [0.15, 0.2) is 0 Å². The van der Waals surface area contributed by atoms with Gasteiger partial charge in [-0.05, 0) is 78.6 Å². The van der Waals surface area contributed by atoms with E-state index in [2.05, 4.69) is 17.1 Å². The van der Waals surface area contributed by atoms with Crippen molar-refractivity contribution in [3.63, 3.8) is 0 Å². The number of rotatable bonds is 10. The van der Waals surface area contributed by atoms with Crippen molar-refractivity contribution in [2.24, 2.45) is 0 Å². The molecule has 1 fully saturated rings. The van der Waals surface area contributed by atoms with Crippen LogP contribution in [-0.2, 0) is 9.53 Å². The number of ether oxygens (including phenoxy) is 1. The molecule has 0 bridgehead atoms. The summed E-state index contributed by atoms with van der Waals surface area (Å²) in [6, 6.07) is 0. The molecule has 4 heteroatoms. The van der Waals surface area contributed by atoms with E-state index in [1.165, 1.54) is 45.3 Å². The van der Waals surface area contributed by atoms with E-state index in [9.17, 15) is 4.79 Å². The van der Waals surface area contributed by atoms with Gasteiger partial charge in [0, 0.05) is 0 Å². The molecule has 124 valence electrons. The lowest BCUT2D eigenvalue weighted by Gasteiger charge is -2.30. The maximum Gasteiger partial charge on any atom is 0.326 e. The molecule has 0 amide bonds.